The molecular weight excluding hydrogens is 222 g/mol. The minimum Gasteiger partial charge on any atom is -0.396 e. The first-order valence-electron chi connectivity index (χ1n) is 5.68. The lowest BCUT2D eigenvalue weighted by molar-refractivity contribution is 0.102. The molecule has 1 aliphatic rings. The van der Waals surface area contributed by atoms with E-state index in [0.717, 1.165) is 12.8 Å². The molecule has 0 aliphatic heterocycles. The highest BCUT2D eigenvalue weighted by atomic mass is 16.5. The molecule has 1 atom stereocenters. The Labute approximate surface area is 99.6 Å². The first-order valence-corrected chi connectivity index (χ1v) is 5.68. The maximum absolute atomic E-state index is 10.9. The molecule has 2 rings (SSSR count). The van der Waals surface area contributed by atoms with Crippen LogP contribution in [-0.2, 0) is 11.3 Å². The zero-order valence-electron chi connectivity index (χ0n) is 10.1. The van der Waals surface area contributed by atoms with Gasteiger partial charge < -0.3 is 9.84 Å². The van der Waals surface area contributed by atoms with Crippen LogP contribution in [0.1, 0.15) is 42.1 Å². The molecule has 1 fully saturated rings. The summed E-state index contributed by atoms with van der Waals surface area (Å²) in [7, 11) is 1.58. The van der Waals surface area contributed by atoms with Crippen molar-refractivity contribution in [2.24, 2.45) is 5.41 Å². The van der Waals surface area contributed by atoms with Crippen molar-refractivity contribution in [3.63, 3.8) is 0 Å². The van der Waals surface area contributed by atoms with Gasteiger partial charge in [0.25, 0.3) is 0 Å². The second-order valence-electron chi connectivity index (χ2n) is 4.67. The monoisotopic (exact) mass is 239 g/mol. The van der Waals surface area contributed by atoms with Crippen molar-refractivity contribution < 1.29 is 14.6 Å². The second-order valence-corrected chi connectivity index (χ2v) is 4.67. The number of aliphatic hydroxyl groups is 1. The minimum absolute atomic E-state index is 0.0733. The van der Waals surface area contributed by atoms with Crippen molar-refractivity contribution in [3.8, 4) is 0 Å². The van der Waals surface area contributed by atoms with E-state index < -0.39 is 0 Å². The van der Waals surface area contributed by atoms with E-state index in [1.54, 1.807) is 11.8 Å². The van der Waals surface area contributed by atoms with E-state index in [0.29, 0.717) is 24.2 Å². The molecule has 1 unspecified atom stereocenters. The number of aldehydes is 1. The molecule has 94 valence electrons. The summed E-state index contributed by atoms with van der Waals surface area (Å²) in [5.74, 6) is 0. The quantitative estimate of drug-likeness (QED) is 0.734. The standard InChI is InChI=1S/C11H17N3O3/c1-8(17-2)10-9(5-15)12-13-14(10)6-11(7-16)3-4-11/h5,8,16H,3-4,6-7H2,1-2H3. The number of carbonyl (C=O) groups is 1. The Morgan fingerprint density at radius 2 is 2.35 bits per heavy atom. The Hall–Kier alpha value is -1.27. The molecule has 0 amide bonds. The Balaban J connectivity index is 2.27. The van der Waals surface area contributed by atoms with Gasteiger partial charge in [-0.05, 0) is 19.8 Å². The van der Waals surface area contributed by atoms with Crippen LogP contribution in [0.2, 0.25) is 0 Å². The number of rotatable bonds is 6. The summed E-state index contributed by atoms with van der Waals surface area (Å²) < 4.78 is 6.91. The van der Waals surface area contributed by atoms with E-state index in [4.69, 9.17) is 4.74 Å². The van der Waals surface area contributed by atoms with Gasteiger partial charge in [-0.15, -0.1) is 5.10 Å². The lowest BCUT2D eigenvalue weighted by atomic mass is 10.1. The number of methoxy groups -OCH3 is 1. The maximum Gasteiger partial charge on any atom is 0.172 e. The van der Waals surface area contributed by atoms with Gasteiger partial charge in [0.1, 0.15) is 0 Å². The number of nitrogens with zero attached hydrogens (tertiary/aromatic N) is 3. The summed E-state index contributed by atoms with van der Waals surface area (Å²) in [4.78, 5) is 10.9. The lowest BCUT2D eigenvalue weighted by Gasteiger charge is -2.16. The molecule has 1 saturated carbocycles. The fourth-order valence-electron chi connectivity index (χ4n) is 1.92. The molecule has 0 saturated heterocycles. The van der Waals surface area contributed by atoms with Crippen LogP contribution in [0.3, 0.4) is 0 Å². The topological polar surface area (TPSA) is 77.2 Å². The fraction of sp³-hybridized carbons (Fsp3) is 0.727. The number of ether oxygens (including phenoxy) is 1. The summed E-state index contributed by atoms with van der Waals surface area (Å²) >= 11 is 0. The number of carbonyl (C=O) groups excluding carboxylic acids is 1. The Kier molecular flexibility index (Phi) is 3.26. The predicted octanol–water partition coefficient (Wildman–Crippen LogP) is 0.571. The number of aliphatic hydroxyl groups excluding tert-OH is 1. The van der Waals surface area contributed by atoms with Gasteiger partial charge in [-0.3, -0.25) is 4.79 Å². The summed E-state index contributed by atoms with van der Waals surface area (Å²) in [6, 6.07) is 0. The van der Waals surface area contributed by atoms with Crippen molar-refractivity contribution in [2.45, 2.75) is 32.4 Å². The first-order chi connectivity index (χ1) is 8.15. The molecule has 0 radical (unpaired) electrons. The molecule has 6 heteroatoms. The number of hydrogen-bond acceptors (Lipinski definition) is 5. The molecule has 0 bridgehead atoms. The second kappa shape index (κ2) is 4.54. The van der Waals surface area contributed by atoms with E-state index in [1.807, 2.05) is 6.92 Å². The van der Waals surface area contributed by atoms with Gasteiger partial charge in [0, 0.05) is 12.5 Å². The van der Waals surface area contributed by atoms with Crippen molar-refractivity contribution in [3.05, 3.63) is 11.4 Å². The molecule has 1 N–H and O–H groups in total. The molecule has 1 heterocycles. The lowest BCUT2D eigenvalue weighted by Crippen LogP contribution is -2.20. The Morgan fingerprint density at radius 3 is 2.82 bits per heavy atom. The van der Waals surface area contributed by atoms with Gasteiger partial charge in [0.05, 0.1) is 24.9 Å². The predicted molar refractivity (Wildman–Crippen MR) is 59.6 cm³/mol. The maximum atomic E-state index is 10.9. The highest BCUT2D eigenvalue weighted by Crippen LogP contribution is 2.46. The third-order valence-electron chi connectivity index (χ3n) is 3.43. The van der Waals surface area contributed by atoms with Crippen LogP contribution < -0.4 is 0 Å². The van der Waals surface area contributed by atoms with Crippen molar-refractivity contribution in [2.75, 3.05) is 13.7 Å². The summed E-state index contributed by atoms with van der Waals surface area (Å²) in [5.41, 5.74) is 0.922. The fourth-order valence-corrected chi connectivity index (χ4v) is 1.92. The van der Waals surface area contributed by atoms with Crippen LogP contribution in [0.4, 0.5) is 0 Å². The van der Waals surface area contributed by atoms with Crippen molar-refractivity contribution in [1.29, 1.82) is 0 Å². The molecule has 6 nitrogen and oxygen atoms in total. The molecule has 0 aromatic carbocycles. The van der Waals surface area contributed by atoms with E-state index in [9.17, 15) is 9.90 Å². The molecule has 0 spiro atoms. The molecular formula is C11H17N3O3. The smallest absolute Gasteiger partial charge is 0.172 e. The average Bonchev–Trinajstić information content (AvgIpc) is 3.01. The van der Waals surface area contributed by atoms with Gasteiger partial charge in [0.15, 0.2) is 12.0 Å². The normalized spacial score (nSPS) is 19.0. The van der Waals surface area contributed by atoms with E-state index in [1.165, 1.54) is 0 Å². The van der Waals surface area contributed by atoms with E-state index in [2.05, 4.69) is 10.3 Å². The van der Waals surface area contributed by atoms with Crippen LogP contribution in [0.25, 0.3) is 0 Å². The van der Waals surface area contributed by atoms with Gasteiger partial charge in [0.2, 0.25) is 0 Å². The van der Waals surface area contributed by atoms with Crippen LogP contribution in [0.15, 0.2) is 0 Å². The third kappa shape index (κ3) is 2.23. The zero-order chi connectivity index (χ0) is 12.5. The number of aromatic nitrogens is 3. The highest BCUT2D eigenvalue weighted by Gasteiger charge is 2.43. The molecule has 1 aliphatic carbocycles. The molecule has 1 aromatic rings. The minimum atomic E-state index is -0.236. The van der Waals surface area contributed by atoms with Crippen LogP contribution in [0.5, 0.6) is 0 Å². The van der Waals surface area contributed by atoms with Gasteiger partial charge in [-0.1, -0.05) is 5.21 Å². The van der Waals surface area contributed by atoms with Gasteiger partial charge in [-0.25, -0.2) is 4.68 Å². The SMILES string of the molecule is COC(C)c1c(C=O)nnn1CC1(CO)CC1. The van der Waals surface area contributed by atoms with Crippen molar-refractivity contribution in [1.82, 2.24) is 15.0 Å². The first kappa shape index (κ1) is 12.2. The van der Waals surface area contributed by atoms with Gasteiger partial charge >= 0.3 is 0 Å². The Bertz CT molecular complexity index is 412. The largest absolute Gasteiger partial charge is 0.396 e. The van der Waals surface area contributed by atoms with Crippen LogP contribution in [0, 0.1) is 5.41 Å². The molecule has 1 aromatic heterocycles. The van der Waals surface area contributed by atoms with Gasteiger partial charge in [-0.2, -0.15) is 0 Å². The highest BCUT2D eigenvalue weighted by molar-refractivity contribution is 5.73. The van der Waals surface area contributed by atoms with Crippen molar-refractivity contribution >= 4 is 6.29 Å². The summed E-state index contributed by atoms with van der Waals surface area (Å²) in [6.45, 7) is 2.58. The molecule has 17 heavy (non-hydrogen) atoms. The zero-order valence-corrected chi connectivity index (χ0v) is 10.1. The average molecular weight is 239 g/mol. The Morgan fingerprint density at radius 1 is 1.65 bits per heavy atom. The van der Waals surface area contributed by atoms with Crippen LogP contribution in [-0.4, -0.2) is 40.1 Å². The van der Waals surface area contributed by atoms with E-state index in [-0.39, 0.29) is 18.1 Å². The summed E-state index contributed by atoms with van der Waals surface area (Å²) in [5, 5.41) is 17.1. The number of hydrogen-bond donors (Lipinski definition) is 1. The third-order valence-corrected chi connectivity index (χ3v) is 3.43. The van der Waals surface area contributed by atoms with Crippen LogP contribution >= 0.6 is 0 Å². The van der Waals surface area contributed by atoms with E-state index >= 15 is 0 Å². The summed E-state index contributed by atoms with van der Waals surface area (Å²) in [6.07, 6.45) is 2.42.